The van der Waals surface area contributed by atoms with Gasteiger partial charge in [0.1, 0.15) is 5.69 Å². The maximum Gasteiger partial charge on any atom is 0.407 e. The number of alkyl carbamates (subject to hydrolysis) is 1. The molecule has 98 valence electrons. The number of amides is 2. The third kappa shape index (κ3) is 2.55. The number of hydrogen-bond donors (Lipinski definition) is 3. The molecule has 0 saturated carbocycles. The lowest BCUT2D eigenvalue weighted by molar-refractivity contribution is 0.0783. The van der Waals surface area contributed by atoms with E-state index in [2.05, 4.69) is 15.0 Å². The number of likely N-dealkylation sites (tertiary alicyclic amines) is 1. The van der Waals surface area contributed by atoms with Crippen molar-refractivity contribution >= 4 is 17.7 Å². The number of carbonyl (C=O) groups is 2. The van der Waals surface area contributed by atoms with E-state index in [0.717, 1.165) is 6.42 Å². The first-order chi connectivity index (χ1) is 8.60. The van der Waals surface area contributed by atoms with E-state index in [-0.39, 0.29) is 11.9 Å². The van der Waals surface area contributed by atoms with Crippen molar-refractivity contribution < 1.29 is 14.3 Å². The van der Waals surface area contributed by atoms with Crippen LogP contribution in [0.15, 0.2) is 12.3 Å². The van der Waals surface area contributed by atoms with Gasteiger partial charge in [0.2, 0.25) is 0 Å². The maximum absolute atomic E-state index is 12.1. The molecular formula is C11H16N4O3. The van der Waals surface area contributed by atoms with Crippen LogP contribution in [0.25, 0.3) is 0 Å². The molecule has 1 saturated heterocycles. The van der Waals surface area contributed by atoms with Gasteiger partial charge in [0, 0.05) is 25.0 Å². The van der Waals surface area contributed by atoms with Crippen LogP contribution >= 0.6 is 0 Å². The summed E-state index contributed by atoms with van der Waals surface area (Å²) in [7, 11) is 1.31. The fourth-order valence-electron chi connectivity index (χ4n) is 1.99. The van der Waals surface area contributed by atoms with E-state index >= 15 is 0 Å². The third-order valence-electron chi connectivity index (χ3n) is 2.92. The molecule has 4 N–H and O–H groups in total. The van der Waals surface area contributed by atoms with Gasteiger partial charge in [0.15, 0.2) is 0 Å². The average molecular weight is 252 g/mol. The van der Waals surface area contributed by atoms with Gasteiger partial charge in [-0.25, -0.2) is 4.79 Å². The molecule has 0 bridgehead atoms. The second kappa shape index (κ2) is 4.99. The minimum atomic E-state index is -0.474. The summed E-state index contributed by atoms with van der Waals surface area (Å²) in [5.41, 5.74) is 6.54. The Morgan fingerprint density at radius 2 is 2.39 bits per heavy atom. The number of aromatic amines is 1. The van der Waals surface area contributed by atoms with E-state index in [1.54, 1.807) is 17.2 Å². The van der Waals surface area contributed by atoms with Crippen molar-refractivity contribution in [2.24, 2.45) is 0 Å². The number of nitrogens with zero attached hydrogens (tertiary/aromatic N) is 1. The number of methoxy groups -OCH3 is 1. The van der Waals surface area contributed by atoms with Gasteiger partial charge in [-0.3, -0.25) is 4.79 Å². The Morgan fingerprint density at radius 3 is 3.00 bits per heavy atom. The summed E-state index contributed by atoms with van der Waals surface area (Å²) in [5, 5.41) is 2.68. The van der Waals surface area contributed by atoms with Crippen molar-refractivity contribution in [3.8, 4) is 0 Å². The summed E-state index contributed by atoms with van der Waals surface area (Å²) in [4.78, 5) is 27.6. The standard InChI is InChI=1S/C11H16N4O3/c1-18-11(17)14-8-2-3-15(6-8)10(16)9-4-7(12)5-13-9/h4-5,8,13H,2-3,6,12H2,1H3,(H,14,17). The Kier molecular flexibility index (Phi) is 3.40. The van der Waals surface area contributed by atoms with Gasteiger partial charge in [-0.05, 0) is 12.5 Å². The zero-order chi connectivity index (χ0) is 13.1. The fraction of sp³-hybridized carbons (Fsp3) is 0.455. The lowest BCUT2D eigenvalue weighted by atomic mass is 10.3. The number of hydrogen-bond acceptors (Lipinski definition) is 4. The van der Waals surface area contributed by atoms with Gasteiger partial charge in [-0.2, -0.15) is 0 Å². The summed E-state index contributed by atoms with van der Waals surface area (Å²) in [5.74, 6) is -0.110. The summed E-state index contributed by atoms with van der Waals surface area (Å²) < 4.78 is 4.52. The maximum atomic E-state index is 12.1. The van der Waals surface area contributed by atoms with E-state index in [4.69, 9.17) is 5.73 Å². The number of carbonyl (C=O) groups excluding carboxylic acids is 2. The zero-order valence-electron chi connectivity index (χ0n) is 10.1. The number of nitrogens with two attached hydrogens (primary N) is 1. The Balaban J connectivity index is 1.92. The van der Waals surface area contributed by atoms with Crippen molar-refractivity contribution in [1.82, 2.24) is 15.2 Å². The molecule has 1 aliphatic heterocycles. The largest absolute Gasteiger partial charge is 0.453 e. The highest BCUT2D eigenvalue weighted by Gasteiger charge is 2.28. The van der Waals surface area contributed by atoms with Crippen molar-refractivity contribution in [2.45, 2.75) is 12.5 Å². The molecule has 1 aliphatic rings. The molecule has 1 unspecified atom stereocenters. The molecule has 0 spiro atoms. The Labute approximate surface area is 104 Å². The molecule has 18 heavy (non-hydrogen) atoms. The molecule has 0 aromatic carbocycles. The SMILES string of the molecule is COC(=O)NC1CCN(C(=O)c2cc(N)c[nH]2)C1. The normalized spacial score (nSPS) is 18.7. The topological polar surface area (TPSA) is 100 Å². The molecule has 2 rings (SSSR count). The van der Waals surface area contributed by atoms with Crippen molar-refractivity contribution in [3.63, 3.8) is 0 Å². The predicted molar refractivity (Wildman–Crippen MR) is 65.1 cm³/mol. The van der Waals surface area contributed by atoms with Crippen LogP contribution in [0.4, 0.5) is 10.5 Å². The first kappa shape index (κ1) is 12.3. The fourth-order valence-corrected chi connectivity index (χ4v) is 1.99. The minimum absolute atomic E-state index is 0.0614. The number of ether oxygens (including phenoxy) is 1. The van der Waals surface area contributed by atoms with Crippen LogP contribution in [0.5, 0.6) is 0 Å². The molecule has 0 radical (unpaired) electrons. The molecule has 1 aromatic heterocycles. The van der Waals surface area contributed by atoms with Crippen LogP contribution in [-0.2, 0) is 4.74 Å². The van der Waals surface area contributed by atoms with Gasteiger partial charge in [-0.1, -0.05) is 0 Å². The first-order valence-corrected chi connectivity index (χ1v) is 5.68. The van der Waals surface area contributed by atoms with Crippen molar-refractivity contribution in [2.75, 3.05) is 25.9 Å². The molecule has 7 heteroatoms. The summed E-state index contributed by atoms with van der Waals surface area (Å²) >= 11 is 0. The monoisotopic (exact) mass is 252 g/mol. The molecular weight excluding hydrogens is 236 g/mol. The number of nitrogen functional groups attached to an aromatic ring is 1. The van der Waals surface area contributed by atoms with Crippen LogP contribution < -0.4 is 11.1 Å². The highest BCUT2D eigenvalue weighted by Crippen LogP contribution is 2.14. The summed E-state index contributed by atoms with van der Waals surface area (Å²) in [6.45, 7) is 1.08. The third-order valence-corrected chi connectivity index (χ3v) is 2.92. The molecule has 1 atom stereocenters. The highest BCUT2D eigenvalue weighted by molar-refractivity contribution is 5.93. The Bertz CT molecular complexity index is 457. The summed E-state index contributed by atoms with van der Waals surface area (Å²) in [6.07, 6.45) is 1.82. The number of aromatic nitrogens is 1. The molecule has 2 heterocycles. The average Bonchev–Trinajstić information content (AvgIpc) is 2.97. The Hall–Kier alpha value is -2.18. The summed E-state index contributed by atoms with van der Waals surface area (Å²) in [6, 6.07) is 1.54. The molecule has 7 nitrogen and oxygen atoms in total. The molecule has 1 fully saturated rings. The van der Waals surface area contributed by atoms with E-state index in [1.807, 2.05) is 0 Å². The highest BCUT2D eigenvalue weighted by atomic mass is 16.5. The second-order valence-corrected chi connectivity index (χ2v) is 4.22. The van der Waals surface area contributed by atoms with Gasteiger partial charge < -0.3 is 25.7 Å². The molecule has 0 aliphatic carbocycles. The second-order valence-electron chi connectivity index (χ2n) is 4.22. The quantitative estimate of drug-likeness (QED) is 0.698. The number of rotatable bonds is 2. The number of H-pyrrole nitrogens is 1. The lowest BCUT2D eigenvalue weighted by Crippen LogP contribution is -2.38. The van der Waals surface area contributed by atoms with Crippen LogP contribution in [0.1, 0.15) is 16.9 Å². The molecule has 2 amide bonds. The van der Waals surface area contributed by atoms with Crippen LogP contribution in [0.3, 0.4) is 0 Å². The molecule has 1 aromatic rings. The van der Waals surface area contributed by atoms with E-state index in [0.29, 0.717) is 24.5 Å². The zero-order valence-corrected chi connectivity index (χ0v) is 10.1. The van der Waals surface area contributed by atoms with Crippen LogP contribution in [-0.4, -0.2) is 48.1 Å². The van der Waals surface area contributed by atoms with E-state index < -0.39 is 6.09 Å². The smallest absolute Gasteiger partial charge is 0.407 e. The van der Waals surface area contributed by atoms with Crippen molar-refractivity contribution in [1.29, 1.82) is 0 Å². The predicted octanol–water partition coefficient (Wildman–Crippen LogP) is 0.167. The van der Waals surface area contributed by atoms with Gasteiger partial charge >= 0.3 is 6.09 Å². The number of anilines is 1. The van der Waals surface area contributed by atoms with Gasteiger partial charge in [0.25, 0.3) is 5.91 Å². The van der Waals surface area contributed by atoms with Crippen molar-refractivity contribution in [3.05, 3.63) is 18.0 Å². The van der Waals surface area contributed by atoms with Gasteiger partial charge in [-0.15, -0.1) is 0 Å². The lowest BCUT2D eigenvalue weighted by Gasteiger charge is -2.15. The Morgan fingerprint density at radius 1 is 1.61 bits per heavy atom. The van der Waals surface area contributed by atoms with Crippen LogP contribution in [0, 0.1) is 0 Å². The first-order valence-electron chi connectivity index (χ1n) is 5.68. The minimum Gasteiger partial charge on any atom is -0.453 e. The van der Waals surface area contributed by atoms with E-state index in [1.165, 1.54) is 7.11 Å². The van der Waals surface area contributed by atoms with E-state index in [9.17, 15) is 9.59 Å². The number of nitrogens with one attached hydrogen (secondary N) is 2. The van der Waals surface area contributed by atoms with Crippen LogP contribution in [0.2, 0.25) is 0 Å². The van der Waals surface area contributed by atoms with Gasteiger partial charge in [0.05, 0.1) is 13.2 Å².